The number of aryl methyl sites for hydroxylation is 1. The molecule has 1 aromatic carbocycles. The molecule has 1 unspecified atom stereocenters. The van der Waals surface area contributed by atoms with E-state index in [-0.39, 0.29) is 24.1 Å². The monoisotopic (exact) mass is 355 g/mol. The fourth-order valence-electron chi connectivity index (χ4n) is 2.95. The lowest BCUT2D eigenvalue weighted by Crippen LogP contribution is -2.47. The molecule has 0 fully saturated rings. The Morgan fingerprint density at radius 3 is 2.76 bits per heavy atom. The molecular weight excluding hydrogens is 334 g/mol. The number of carbonyl (C=O) groups is 2. The van der Waals surface area contributed by atoms with Crippen LogP contribution in [0.15, 0.2) is 41.4 Å². The number of benzene rings is 1. The van der Waals surface area contributed by atoms with E-state index in [9.17, 15) is 9.59 Å². The predicted octanol–water partition coefficient (Wildman–Crippen LogP) is 2.87. The molecule has 0 aliphatic carbocycles. The number of hydrogen-bond acceptors (Lipinski definition) is 5. The number of nitrogens with zero attached hydrogens (tertiary/aromatic N) is 2. The summed E-state index contributed by atoms with van der Waals surface area (Å²) in [4.78, 5) is 32.4. The number of rotatable bonds is 4. The smallest absolute Gasteiger partial charge is 0.231 e. The first-order valence-corrected chi connectivity index (χ1v) is 8.91. The molecule has 130 valence electrons. The number of carbonyl (C=O) groups excluding carboxylic acids is 2. The fraction of sp³-hybridized carbons (Fsp3) is 0.316. The van der Waals surface area contributed by atoms with Crippen molar-refractivity contribution in [3.63, 3.8) is 0 Å². The molecule has 2 heterocycles. The van der Waals surface area contributed by atoms with Crippen molar-refractivity contribution in [2.45, 2.75) is 32.2 Å². The van der Waals surface area contributed by atoms with Gasteiger partial charge < -0.3 is 5.73 Å². The van der Waals surface area contributed by atoms with E-state index >= 15 is 0 Å². The van der Waals surface area contributed by atoms with Crippen LogP contribution in [-0.2, 0) is 16.8 Å². The largest absolute Gasteiger partial charge is 0.369 e. The molecule has 6 heteroatoms. The van der Waals surface area contributed by atoms with Crippen LogP contribution in [0.3, 0.4) is 0 Å². The molecule has 1 aliphatic rings. The molecule has 0 saturated carbocycles. The summed E-state index contributed by atoms with van der Waals surface area (Å²) in [7, 11) is 1.62. The summed E-state index contributed by atoms with van der Waals surface area (Å²) in [5.41, 5.74) is 6.98. The quantitative estimate of drug-likeness (QED) is 0.857. The number of thiophene rings is 1. The maximum Gasteiger partial charge on any atom is 0.231 e. The van der Waals surface area contributed by atoms with Crippen LogP contribution in [0.4, 0.5) is 0 Å². The van der Waals surface area contributed by atoms with Crippen LogP contribution in [0.2, 0.25) is 0 Å². The van der Waals surface area contributed by atoms with Gasteiger partial charge in [0.15, 0.2) is 11.7 Å². The number of ketones is 1. The third-order valence-corrected chi connectivity index (χ3v) is 5.54. The van der Waals surface area contributed by atoms with Gasteiger partial charge in [-0.15, -0.1) is 11.3 Å². The van der Waals surface area contributed by atoms with Crippen molar-refractivity contribution in [2.24, 2.45) is 10.7 Å². The van der Waals surface area contributed by atoms with Crippen LogP contribution in [0.5, 0.6) is 0 Å². The second kappa shape index (κ2) is 6.44. The minimum absolute atomic E-state index is 0.0643. The van der Waals surface area contributed by atoms with Crippen LogP contribution in [0, 0.1) is 6.92 Å². The van der Waals surface area contributed by atoms with E-state index in [0.29, 0.717) is 6.42 Å². The van der Waals surface area contributed by atoms with Gasteiger partial charge in [-0.1, -0.05) is 24.3 Å². The minimum Gasteiger partial charge on any atom is -0.369 e. The van der Waals surface area contributed by atoms with Crippen LogP contribution >= 0.6 is 11.3 Å². The molecule has 3 rings (SSSR count). The molecule has 25 heavy (non-hydrogen) atoms. The number of amides is 1. The van der Waals surface area contributed by atoms with Gasteiger partial charge in [0.1, 0.15) is 0 Å². The SMILES string of the molecule is Cc1ccc(C(=O)Cc2cccc(C3(C)CC(=O)N(C)C(N)=N3)c2)s1. The summed E-state index contributed by atoms with van der Waals surface area (Å²) in [6.07, 6.45) is 0.586. The molecule has 5 nitrogen and oxygen atoms in total. The molecule has 1 aliphatic heterocycles. The predicted molar refractivity (Wildman–Crippen MR) is 99.9 cm³/mol. The van der Waals surface area contributed by atoms with Gasteiger partial charge in [0, 0.05) is 18.3 Å². The average Bonchev–Trinajstić information content (AvgIpc) is 2.99. The molecule has 0 spiro atoms. The number of hydrogen-bond donors (Lipinski definition) is 1. The van der Waals surface area contributed by atoms with Gasteiger partial charge in [-0.2, -0.15) is 0 Å². The van der Waals surface area contributed by atoms with Crippen LogP contribution in [0.1, 0.15) is 39.0 Å². The number of aliphatic imine (C=N–C) groups is 1. The Bertz CT molecular complexity index is 871. The van der Waals surface area contributed by atoms with Gasteiger partial charge in [-0.05, 0) is 37.1 Å². The molecule has 0 radical (unpaired) electrons. The van der Waals surface area contributed by atoms with Gasteiger partial charge in [-0.25, -0.2) is 4.99 Å². The van der Waals surface area contributed by atoms with Crippen molar-refractivity contribution in [2.75, 3.05) is 7.05 Å². The molecule has 2 aromatic rings. The Morgan fingerprint density at radius 1 is 1.36 bits per heavy atom. The highest BCUT2D eigenvalue weighted by atomic mass is 32.1. The third kappa shape index (κ3) is 3.49. The Morgan fingerprint density at radius 2 is 2.12 bits per heavy atom. The minimum atomic E-state index is -0.702. The standard InChI is InChI=1S/C19H21N3O2S/c1-12-7-8-16(25-12)15(23)10-13-5-4-6-14(9-13)19(2)11-17(24)22(3)18(20)21-19/h4-9H,10-11H2,1-3H3,(H2,20,21). The topological polar surface area (TPSA) is 75.8 Å². The molecule has 2 N–H and O–H groups in total. The summed E-state index contributed by atoms with van der Waals surface area (Å²) >= 11 is 1.51. The second-order valence-corrected chi connectivity index (χ2v) is 7.87. The summed E-state index contributed by atoms with van der Waals surface area (Å²) < 4.78 is 0. The zero-order valence-corrected chi connectivity index (χ0v) is 15.4. The van der Waals surface area contributed by atoms with Crippen molar-refractivity contribution >= 4 is 29.0 Å². The molecule has 1 atom stereocenters. The van der Waals surface area contributed by atoms with Crippen molar-refractivity contribution in [1.29, 1.82) is 0 Å². The highest BCUT2D eigenvalue weighted by molar-refractivity contribution is 7.14. The summed E-state index contributed by atoms with van der Waals surface area (Å²) in [6.45, 7) is 3.89. The van der Waals surface area contributed by atoms with E-state index in [0.717, 1.165) is 20.9 Å². The van der Waals surface area contributed by atoms with Gasteiger partial charge in [0.05, 0.1) is 16.8 Å². The zero-order chi connectivity index (χ0) is 18.2. The average molecular weight is 355 g/mol. The number of guanidine groups is 1. The Balaban J connectivity index is 1.87. The van der Waals surface area contributed by atoms with E-state index in [1.54, 1.807) is 7.05 Å². The summed E-state index contributed by atoms with van der Waals surface area (Å²) in [5, 5.41) is 0. The Labute approximate surface area is 151 Å². The normalized spacial score (nSPS) is 20.5. The molecule has 1 amide bonds. The van der Waals surface area contributed by atoms with Gasteiger partial charge in [-0.3, -0.25) is 14.5 Å². The third-order valence-electron chi connectivity index (χ3n) is 4.50. The van der Waals surface area contributed by atoms with E-state index in [1.165, 1.54) is 16.2 Å². The van der Waals surface area contributed by atoms with Crippen molar-refractivity contribution in [3.05, 3.63) is 57.3 Å². The first-order chi connectivity index (χ1) is 11.8. The lowest BCUT2D eigenvalue weighted by molar-refractivity contribution is -0.128. The first kappa shape index (κ1) is 17.4. The van der Waals surface area contributed by atoms with E-state index in [4.69, 9.17) is 5.73 Å². The maximum absolute atomic E-state index is 12.4. The lowest BCUT2D eigenvalue weighted by Gasteiger charge is -2.33. The summed E-state index contributed by atoms with van der Waals surface area (Å²) in [5.74, 6) is 0.253. The van der Waals surface area contributed by atoms with E-state index < -0.39 is 5.54 Å². The zero-order valence-electron chi connectivity index (χ0n) is 14.6. The van der Waals surface area contributed by atoms with E-state index in [1.807, 2.05) is 50.2 Å². The second-order valence-electron chi connectivity index (χ2n) is 6.58. The Kier molecular flexibility index (Phi) is 4.47. The lowest BCUT2D eigenvalue weighted by atomic mass is 9.86. The van der Waals surface area contributed by atoms with Crippen LogP contribution < -0.4 is 5.73 Å². The van der Waals surface area contributed by atoms with Crippen LogP contribution in [0.25, 0.3) is 0 Å². The van der Waals surface area contributed by atoms with Gasteiger partial charge in [0.25, 0.3) is 0 Å². The highest BCUT2D eigenvalue weighted by Gasteiger charge is 2.36. The van der Waals surface area contributed by atoms with Crippen molar-refractivity contribution in [3.8, 4) is 0 Å². The van der Waals surface area contributed by atoms with Crippen molar-refractivity contribution in [1.82, 2.24) is 4.90 Å². The van der Waals surface area contributed by atoms with E-state index in [2.05, 4.69) is 4.99 Å². The van der Waals surface area contributed by atoms with Gasteiger partial charge in [0.2, 0.25) is 5.91 Å². The Hall–Kier alpha value is -2.47. The number of nitrogens with two attached hydrogens (primary N) is 1. The summed E-state index contributed by atoms with van der Waals surface area (Å²) in [6, 6.07) is 11.5. The molecular formula is C19H21N3O2S. The molecule has 0 bridgehead atoms. The molecule has 0 saturated heterocycles. The maximum atomic E-state index is 12.4. The number of Topliss-reactive ketones (excluding diaryl/α,β-unsaturated/α-hetero) is 1. The van der Waals surface area contributed by atoms with Gasteiger partial charge >= 0.3 is 0 Å². The molecule has 1 aromatic heterocycles. The van der Waals surface area contributed by atoms with Crippen LogP contribution in [-0.4, -0.2) is 29.6 Å². The highest BCUT2D eigenvalue weighted by Crippen LogP contribution is 2.33. The first-order valence-electron chi connectivity index (χ1n) is 8.09. The fourth-order valence-corrected chi connectivity index (χ4v) is 3.75. The van der Waals surface area contributed by atoms with Crippen molar-refractivity contribution < 1.29 is 9.59 Å².